The molecule has 0 heterocycles. The number of phenolic OH excluding ortho intramolecular Hbond substituents is 1. The molecule has 0 spiro atoms. The molecule has 0 aromatic heterocycles. The van der Waals surface area contributed by atoms with E-state index in [0.29, 0.717) is 16.8 Å². The van der Waals surface area contributed by atoms with Crippen LogP contribution in [0.4, 0.5) is 10.1 Å². The smallest absolute Gasteiger partial charge is 0.331 e. The summed E-state index contributed by atoms with van der Waals surface area (Å²) in [4.78, 5) is 23.5. The van der Waals surface area contributed by atoms with Gasteiger partial charge in [0.2, 0.25) is 0 Å². The molecule has 26 heavy (non-hydrogen) atoms. The van der Waals surface area contributed by atoms with Gasteiger partial charge >= 0.3 is 5.97 Å². The number of hydrogen-bond donors (Lipinski definition) is 2. The van der Waals surface area contributed by atoms with Gasteiger partial charge in [0, 0.05) is 11.8 Å². The first-order valence-corrected chi connectivity index (χ1v) is 7.67. The predicted octanol–water partition coefficient (Wildman–Crippen LogP) is 3.04. The van der Waals surface area contributed by atoms with Crippen molar-refractivity contribution in [3.8, 4) is 11.5 Å². The molecule has 2 aromatic rings. The number of rotatable bonds is 6. The number of hydrogen-bond acceptors (Lipinski definition) is 5. The Morgan fingerprint density at radius 2 is 2.00 bits per heavy atom. The van der Waals surface area contributed by atoms with Gasteiger partial charge in [-0.3, -0.25) is 4.79 Å². The fraction of sp³-hybridized carbons (Fsp3) is 0.158. The molecule has 0 aliphatic rings. The highest BCUT2D eigenvalue weighted by molar-refractivity contribution is 5.95. The van der Waals surface area contributed by atoms with Crippen molar-refractivity contribution in [1.82, 2.24) is 0 Å². The van der Waals surface area contributed by atoms with Crippen LogP contribution >= 0.6 is 0 Å². The fourth-order valence-electron chi connectivity index (χ4n) is 2.06. The molecule has 0 saturated carbocycles. The summed E-state index contributed by atoms with van der Waals surface area (Å²) >= 11 is 0. The summed E-state index contributed by atoms with van der Waals surface area (Å²) in [6.07, 6.45) is 2.60. The SMILES string of the molecule is COc1cc(/C=C/C(=O)OCC(=O)Nc2cc(F)ccc2C)ccc1O. The van der Waals surface area contributed by atoms with Gasteiger partial charge in [0.15, 0.2) is 18.1 Å². The first kappa shape index (κ1) is 19.0. The van der Waals surface area contributed by atoms with Crippen LogP contribution in [0.5, 0.6) is 11.5 Å². The van der Waals surface area contributed by atoms with Gasteiger partial charge in [-0.25, -0.2) is 9.18 Å². The lowest BCUT2D eigenvalue weighted by atomic mass is 10.2. The van der Waals surface area contributed by atoms with E-state index in [2.05, 4.69) is 5.32 Å². The Morgan fingerprint density at radius 3 is 2.73 bits per heavy atom. The summed E-state index contributed by atoms with van der Waals surface area (Å²) in [5.41, 5.74) is 1.61. The summed E-state index contributed by atoms with van der Waals surface area (Å²) in [5.74, 6) is -1.52. The normalized spacial score (nSPS) is 10.6. The Balaban J connectivity index is 1.88. The second-order valence-electron chi connectivity index (χ2n) is 5.38. The van der Waals surface area contributed by atoms with E-state index in [-0.39, 0.29) is 11.5 Å². The molecule has 0 aliphatic heterocycles. The summed E-state index contributed by atoms with van der Waals surface area (Å²) in [6, 6.07) is 8.56. The van der Waals surface area contributed by atoms with E-state index >= 15 is 0 Å². The first-order chi connectivity index (χ1) is 12.4. The largest absolute Gasteiger partial charge is 0.504 e. The number of ether oxygens (including phenoxy) is 2. The van der Waals surface area contributed by atoms with Crippen molar-refractivity contribution < 1.29 is 28.6 Å². The molecular weight excluding hydrogens is 341 g/mol. The molecule has 7 heteroatoms. The van der Waals surface area contributed by atoms with Gasteiger partial charge in [0.1, 0.15) is 5.82 Å². The Kier molecular flexibility index (Phi) is 6.32. The molecule has 0 atom stereocenters. The van der Waals surface area contributed by atoms with Gasteiger partial charge in [-0.05, 0) is 48.4 Å². The maximum absolute atomic E-state index is 13.2. The van der Waals surface area contributed by atoms with Crippen LogP contribution in [-0.4, -0.2) is 30.7 Å². The van der Waals surface area contributed by atoms with E-state index < -0.39 is 24.3 Å². The topological polar surface area (TPSA) is 84.9 Å². The quantitative estimate of drug-likeness (QED) is 0.612. The average molecular weight is 359 g/mol. The van der Waals surface area contributed by atoms with Crippen LogP contribution in [-0.2, 0) is 14.3 Å². The first-order valence-electron chi connectivity index (χ1n) is 7.67. The Hall–Kier alpha value is -3.35. The van der Waals surface area contributed by atoms with Crippen LogP contribution < -0.4 is 10.1 Å². The van der Waals surface area contributed by atoms with Crippen LogP contribution in [0.1, 0.15) is 11.1 Å². The Labute approximate surface area is 149 Å². The third-order valence-corrected chi connectivity index (χ3v) is 3.43. The molecule has 2 rings (SSSR count). The van der Waals surface area contributed by atoms with Gasteiger partial charge in [-0.2, -0.15) is 0 Å². The molecule has 0 fully saturated rings. The molecule has 0 unspecified atom stereocenters. The van der Waals surface area contributed by atoms with Gasteiger partial charge in [0.25, 0.3) is 5.91 Å². The van der Waals surface area contributed by atoms with Gasteiger partial charge < -0.3 is 19.9 Å². The average Bonchev–Trinajstić information content (AvgIpc) is 2.62. The van der Waals surface area contributed by atoms with Crippen LogP contribution in [0.3, 0.4) is 0 Å². The number of halogens is 1. The second kappa shape index (κ2) is 8.66. The zero-order valence-electron chi connectivity index (χ0n) is 14.3. The lowest BCUT2D eigenvalue weighted by molar-refractivity contribution is -0.142. The number of amides is 1. The maximum Gasteiger partial charge on any atom is 0.331 e. The van der Waals surface area contributed by atoms with E-state index in [1.165, 1.54) is 37.5 Å². The van der Waals surface area contributed by atoms with E-state index in [1.807, 2.05) is 0 Å². The lowest BCUT2D eigenvalue weighted by Gasteiger charge is -2.08. The van der Waals surface area contributed by atoms with Crippen molar-refractivity contribution in [3.63, 3.8) is 0 Å². The van der Waals surface area contributed by atoms with Crippen LogP contribution in [0, 0.1) is 12.7 Å². The zero-order valence-corrected chi connectivity index (χ0v) is 14.3. The van der Waals surface area contributed by atoms with Gasteiger partial charge in [0.05, 0.1) is 7.11 Å². The summed E-state index contributed by atoms with van der Waals surface area (Å²) in [5, 5.41) is 12.0. The number of aromatic hydroxyl groups is 1. The van der Waals surface area contributed by atoms with Gasteiger partial charge in [-0.1, -0.05) is 12.1 Å². The van der Waals surface area contributed by atoms with Crippen molar-refractivity contribution in [2.75, 3.05) is 19.0 Å². The number of carbonyl (C=O) groups is 2. The molecule has 6 nitrogen and oxygen atoms in total. The second-order valence-corrected chi connectivity index (χ2v) is 5.38. The van der Waals surface area contributed by atoms with Crippen molar-refractivity contribution in [2.45, 2.75) is 6.92 Å². The summed E-state index contributed by atoms with van der Waals surface area (Å²) in [6.45, 7) is 1.22. The highest BCUT2D eigenvalue weighted by Gasteiger charge is 2.08. The van der Waals surface area contributed by atoms with E-state index in [9.17, 15) is 19.1 Å². The fourth-order valence-corrected chi connectivity index (χ4v) is 2.06. The summed E-state index contributed by atoms with van der Waals surface area (Å²) in [7, 11) is 1.41. The molecule has 2 aromatic carbocycles. The zero-order chi connectivity index (χ0) is 19.1. The van der Waals surface area contributed by atoms with Crippen LogP contribution in [0.15, 0.2) is 42.5 Å². The molecule has 1 amide bonds. The molecule has 0 bridgehead atoms. The van der Waals surface area contributed by atoms with Crippen molar-refractivity contribution in [3.05, 3.63) is 59.4 Å². The lowest BCUT2D eigenvalue weighted by Crippen LogP contribution is -2.20. The third-order valence-electron chi connectivity index (χ3n) is 3.43. The number of phenols is 1. The number of nitrogens with one attached hydrogen (secondary N) is 1. The number of anilines is 1. The number of benzene rings is 2. The standard InChI is InChI=1S/C19H18FNO5/c1-12-3-6-14(20)10-15(12)21-18(23)11-26-19(24)8-5-13-4-7-16(22)17(9-13)25-2/h3-10,22H,11H2,1-2H3,(H,21,23)/b8-5+. The molecule has 0 saturated heterocycles. The highest BCUT2D eigenvalue weighted by atomic mass is 19.1. The van der Waals surface area contributed by atoms with Crippen molar-refractivity contribution >= 4 is 23.6 Å². The molecule has 0 radical (unpaired) electrons. The van der Waals surface area contributed by atoms with Crippen LogP contribution in [0.25, 0.3) is 6.08 Å². The minimum absolute atomic E-state index is 0.0171. The third kappa shape index (κ3) is 5.34. The summed E-state index contributed by atoms with van der Waals surface area (Å²) < 4.78 is 23.0. The number of carbonyl (C=O) groups excluding carboxylic acids is 2. The molecule has 0 aliphatic carbocycles. The molecule has 136 valence electrons. The predicted molar refractivity (Wildman–Crippen MR) is 94.4 cm³/mol. The highest BCUT2D eigenvalue weighted by Crippen LogP contribution is 2.26. The number of esters is 1. The minimum Gasteiger partial charge on any atom is -0.504 e. The van der Waals surface area contributed by atoms with Crippen LogP contribution in [0.2, 0.25) is 0 Å². The van der Waals surface area contributed by atoms with E-state index in [1.54, 1.807) is 19.1 Å². The van der Waals surface area contributed by atoms with Crippen molar-refractivity contribution in [1.29, 1.82) is 0 Å². The minimum atomic E-state index is -0.719. The van der Waals surface area contributed by atoms with E-state index in [0.717, 1.165) is 6.08 Å². The monoisotopic (exact) mass is 359 g/mol. The van der Waals surface area contributed by atoms with Crippen molar-refractivity contribution in [2.24, 2.45) is 0 Å². The number of aryl methyl sites for hydroxylation is 1. The maximum atomic E-state index is 13.2. The Morgan fingerprint density at radius 1 is 1.23 bits per heavy atom. The Bertz CT molecular complexity index is 848. The van der Waals surface area contributed by atoms with E-state index in [4.69, 9.17) is 9.47 Å². The number of methoxy groups -OCH3 is 1. The molecule has 2 N–H and O–H groups in total. The van der Waals surface area contributed by atoms with Gasteiger partial charge in [-0.15, -0.1) is 0 Å². The molecular formula is C19H18FNO5.